The number of para-hydroxylation sites is 1. The summed E-state index contributed by atoms with van der Waals surface area (Å²) < 4.78 is 5.95. The predicted molar refractivity (Wildman–Crippen MR) is 82.9 cm³/mol. The van der Waals surface area contributed by atoms with Gasteiger partial charge in [-0.15, -0.1) is 0 Å². The van der Waals surface area contributed by atoms with Crippen LogP contribution in [0.2, 0.25) is 0 Å². The van der Waals surface area contributed by atoms with Crippen LogP contribution < -0.4 is 5.32 Å². The van der Waals surface area contributed by atoms with Crippen molar-refractivity contribution in [3.8, 4) is 0 Å². The van der Waals surface area contributed by atoms with Crippen LogP contribution in [0.4, 0.5) is 0 Å². The molecule has 1 atom stereocenters. The van der Waals surface area contributed by atoms with E-state index >= 15 is 0 Å². The van der Waals surface area contributed by atoms with E-state index < -0.39 is 5.60 Å². The van der Waals surface area contributed by atoms with Gasteiger partial charge in [-0.1, -0.05) is 32.0 Å². The Balaban J connectivity index is 2.15. The summed E-state index contributed by atoms with van der Waals surface area (Å²) in [5.41, 5.74) is 1.47. The molecule has 2 aromatic rings. The van der Waals surface area contributed by atoms with E-state index in [1.54, 1.807) is 0 Å². The first-order valence-electron chi connectivity index (χ1n) is 7.44. The van der Waals surface area contributed by atoms with Gasteiger partial charge in [-0.25, -0.2) is 0 Å². The second-order valence-corrected chi connectivity index (χ2v) is 5.62. The van der Waals surface area contributed by atoms with Crippen LogP contribution in [-0.4, -0.2) is 17.3 Å². The third kappa shape index (κ3) is 2.89. The highest BCUT2D eigenvalue weighted by Crippen LogP contribution is 2.29. The fraction of sp³-hybridized carbons (Fsp3) is 0.529. The van der Waals surface area contributed by atoms with E-state index in [1.165, 1.54) is 5.56 Å². The minimum absolute atomic E-state index is 0.0898. The molecule has 0 radical (unpaired) electrons. The van der Waals surface area contributed by atoms with Gasteiger partial charge in [0.05, 0.1) is 11.6 Å². The fourth-order valence-corrected chi connectivity index (χ4v) is 2.54. The smallest absolute Gasteiger partial charge is 0.134 e. The maximum atomic E-state index is 10.3. The minimum atomic E-state index is -0.631. The summed E-state index contributed by atoms with van der Waals surface area (Å²) >= 11 is 0. The molecule has 1 aromatic carbocycles. The minimum Gasteiger partial charge on any atom is -0.459 e. The van der Waals surface area contributed by atoms with Crippen molar-refractivity contribution in [3.63, 3.8) is 0 Å². The van der Waals surface area contributed by atoms with Crippen molar-refractivity contribution in [1.82, 2.24) is 5.32 Å². The van der Waals surface area contributed by atoms with Crippen molar-refractivity contribution < 1.29 is 9.52 Å². The van der Waals surface area contributed by atoms with Gasteiger partial charge in [-0.05, 0) is 38.3 Å². The highest BCUT2D eigenvalue weighted by molar-refractivity contribution is 5.82. The number of benzene rings is 1. The first-order chi connectivity index (χ1) is 9.50. The van der Waals surface area contributed by atoms with Crippen LogP contribution in [0.1, 0.15) is 51.0 Å². The lowest BCUT2D eigenvalue weighted by Gasteiger charge is -2.27. The largest absolute Gasteiger partial charge is 0.459 e. The van der Waals surface area contributed by atoms with Gasteiger partial charge in [0.2, 0.25) is 0 Å². The van der Waals surface area contributed by atoms with Gasteiger partial charge in [0, 0.05) is 11.9 Å². The predicted octanol–water partition coefficient (Wildman–Crippen LogP) is 3.94. The molecule has 0 saturated carbocycles. The zero-order valence-electron chi connectivity index (χ0n) is 12.9. The zero-order valence-corrected chi connectivity index (χ0v) is 12.9. The number of rotatable bonds is 6. The molecule has 0 bridgehead atoms. The average molecular weight is 275 g/mol. The summed E-state index contributed by atoms with van der Waals surface area (Å²) in [5.74, 6) is 0.959. The Labute approximate surface area is 121 Å². The van der Waals surface area contributed by atoms with Gasteiger partial charge >= 0.3 is 0 Å². The van der Waals surface area contributed by atoms with E-state index in [2.05, 4.69) is 25.2 Å². The van der Waals surface area contributed by atoms with Gasteiger partial charge in [0.15, 0.2) is 0 Å². The maximum absolute atomic E-state index is 10.3. The van der Waals surface area contributed by atoms with Crippen LogP contribution in [0.25, 0.3) is 11.0 Å². The van der Waals surface area contributed by atoms with Gasteiger partial charge in [0.1, 0.15) is 11.3 Å². The Hall–Kier alpha value is -1.32. The van der Waals surface area contributed by atoms with Crippen LogP contribution >= 0.6 is 0 Å². The van der Waals surface area contributed by atoms with Crippen LogP contribution in [0.3, 0.4) is 0 Å². The Morgan fingerprint density at radius 2 is 1.90 bits per heavy atom. The van der Waals surface area contributed by atoms with Gasteiger partial charge < -0.3 is 14.8 Å². The quantitative estimate of drug-likeness (QED) is 0.839. The van der Waals surface area contributed by atoms with Crippen LogP contribution in [0.5, 0.6) is 0 Å². The Morgan fingerprint density at radius 3 is 2.50 bits per heavy atom. The number of hydrogen-bond donors (Lipinski definition) is 2. The first kappa shape index (κ1) is 15.1. The Bertz CT molecular complexity index is 569. The summed E-state index contributed by atoms with van der Waals surface area (Å²) in [6.45, 7) is 8.78. The number of nitrogens with one attached hydrogen (secondary N) is 1. The molecular formula is C17H25NO2. The summed E-state index contributed by atoms with van der Waals surface area (Å²) in [6.07, 6.45) is 1.50. The van der Waals surface area contributed by atoms with E-state index in [0.717, 1.165) is 29.6 Å². The maximum Gasteiger partial charge on any atom is 0.134 e. The number of aryl methyl sites for hydroxylation is 1. The molecule has 1 unspecified atom stereocenters. The Kier molecular flexibility index (Phi) is 4.51. The van der Waals surface area contributed by atoms with Gasteiger partial charge in [-0.2, -0.15) is 0 Å². The third-order valence-corrected chi connectivity index (χ3v) is 4.33. The zero-order chi connectivity index (χ0) is 14.8. The number of furan rings is 1. The molecule has 3 heteroatoms. The SMILES string of the molecule is CCC(O)(CC)CNC(C)c1oc2ccccc2c1C. The number of fused-ring (bicyclic) bond motifs is 1. The molecule has 1 aromatic heterocycles. The van der Waals surface area contributed by atoms with Crippen LogP contribution in [0, 0.1) is 6.92 Å². The molecule has 0 aliphatic heterocycles. The molecular weight excluding hydrogens is 250 g/mol. The summed E-state index contributed by atoms with van der Waals surface area (Å²) in [7, 11) is 0. The summed E-state index contributed by atoms with van der Waals surface area (Å²) in [5, 5.41) is 14.9. The lowest BCUT2D eigenvalue weighted by molar-refractivity contribution is 0.0298. The summed E-state index contributed by atoms with van der Waals surface area (Å²) in [6, 6.07) is 8.18. The standard InChI is InChI=1S/C17H25NO2/c1-5-17(19,6-2)11-18-13(4)16-12(3)14-9-7-8-10-15(14)20-16/h7-10,13,18-19H,5-6,11H2,1-4H3. The molecule has 0 spiro atoms. The van der Waals surface area contributed by atoms with Crippen molar-refractivity contribution in [2.75, 3.05) is 6.54 Å². The molecule has 0 amide bonds. The van der Waals surface area contributed by atoms with Crippen molar-refractivity contribution in [2.24, 2.45) is 0 Å². The van der Waals surface area contributed by atoms with Gasteiger partial charge in [0.25, 0.3) is 0 Å². The molecule has 0 aliphatic carbocycles. The molecule has 0 fully saturated rings. The lowest BCUT2D eigenvalue weighted by atomic mass is 9.97. The molecule has 110 valence electrons. The highest BCUT2D eigenvalue weighted by atomic mass is 16.3. The van der Waals surface area contributed by atoms with Crippen LogP contribution in [0.15, 0.2) is 28.7 Å². The highest BCUT2D eigenvalue weighted by Gasteiger charge is 2.24. The second-order valence-electron chi connectivity index (χ2n) is 5.62. The number of hydrogen-bond acceptors (Lipinski definition) is 3. The topological polar surface area (TPSA) is 45.4 Å². The normalized spacial score (nSPS) is 13.8. The van der Waals surface area contributed by atoms with Crippen molar-refractivity contribution in [1.29, 1.82) is 0 Å². The van der Waals surface area contributed by atoms with Crippen molar-refractivity contribution in [2.45, 2.75) is 52.2 Å². The fourth-order valence-electron chi connectivity index (χ4n) is 2.54. The van der Waals surface area contributed by atoms with Gasteiger partial charge in [-0.3, -0.25) is 0 Å². The summed E-state index contributed by atoms with van der Waals surface area (Å²) in [4.78, 5) is 0. The molecule has 0 saturated heterocycles. The first-order valence-corrected chi connectivity index (χ1v) is 7.44. The molecule has 3 nitrogen and oxygen atoms in total. The second kappa shape index (κ2) is 5.98. The number of aliphatic hydroxyl groups is 1. The van der Waals surface area contributed by atoms with E-state index in [1.807, 2.05) is 32.0 Å². The average Bonchev–Trinajstić information content (AvgIpc) is 2.82. The van der Waals surface area contributed by atoms with Crippen molar-refractivity contribution in [3.05, 3.63) is 35.6 Å². The molecule has 2 N–H and O–H groups in total. The lowest BCUT2D eigenvalue weighted by Crippen LogP contribution is -2.40. The Morgan fingerprint density at radius 1 is 1.25 bits per heavy atom. The molecule has 1 heterocycles. The van der Waals surface area contributed by atoms with E-state index in [0.29, 0.717) is 6.54 Å². The molecule has 20 heavy (non-hydrogen) atoms. The third-order valence-electron chi connectivity index (χ3n) is 4.33. The van der Waals surface area contributed by atoms with E-state index in [-0.39, 0.29) is 6.04 Å². The molecule has 0 aliphatic rings. The van der Waals surface area contributed by atoms with E-state index in [9.17, 15) is 5.11 Å². The van der Waals surface area contributed by atoms with Crippen molar-refractivity contribution >= 4 is 11.0 Å². The monoisotopic (exact) mass is 275 g/mol. The van der Waals surface area contributed by atoms with Crippen LogP contribution in [-0.2, 0) is 0 Å². The van der Waals surface area contributed by atoms with E-state index in [4.69, 9.17) is 4.42 Å². The molecule has 2 rings (SSSR count).